The van der Waals surface area contributed by atoms with Crippen LogP contribution in [0.2, 0.25) is 0 Å². The molecule has 4 aromatic heterocycles. The SMILES string of the molecule is CO[C@@H]1CC[C@H](Cn2c(=O)[nH]c3ncc(-c4cnc5[nH]ccc5c4C)cc32)OC1. The summed E-state index contributed by atoms with van der Waals surface area (Å²) in [5.41, 5.74) is 5.12. The maximum absolute atomic E-state index is 12.6. The first-order valence-electron chi connectivity index (χ1n) is 9.80. The van der Waals surface area contributed by atoms with E-state index >= 15 is 0 Å². The molecule has 0 amide bonds. The van der Waals surface area contributed by atoms with Gasteiger partial charge in [0.25, 0.3) is 0 Å². The number of nitrogens with one attached hydrogen (secondary N) is 2. The van der Waals surface area contributed by atoms with Crippen molar-refractivity contribution >= 4 is 22.2 Å². The fourth-order valence-corrected chi connectivity index (χ4v) is 4.11. The highest BCUT2D eigenvalue weighted by molar-refractivity contribution is 5.88. The first kappa shape index (κ1) is 18.1. The molecule has 5 heterocycles. The normalized spacial score (nSPS) is 19.9. The Balaban J connectivity index is 1.52. The molecule has 2 atom stereocenters. The molecule has 1 fully saturated rings. The van der Waals surface area contributed by atoms with Crippen molar-refractivity contribution in [3.8, 4) is 11.1 Å². The second kappa shape index (κ2) is 7.13. The van der Waals surface area contributed by atoms with E-state index in [1.165, 1.54) is 0 Å². The van der Waals surface area contributed by atoms with Gasteiger partial charge in [0.2, 0.25) is 0 Å². The van der Waals surface area contributed by atoms with Crippen LogP contribution in [0.3, 0.4) is 0 Å². The van der Waals surface area contributed by atoms with Crippen molar-refractivity contribution in [1.29, 1.82) is 0 Å². The Hall–Kier alpha value is -2.97. The van der Waals surface area contributed by atoms with Gasteiger partial charge in [-0.25, -0.2) is 14.8 Å². The second-order valence-electron chi connectivity index (χ2n) is 7.56. The maximum Gasteiger partial charge on any atom is 0.327 e. The molecule has 0 saturated carbocycles. The molecule has 1 aliphatic heterocycles. The van der Waals surface area contributed by atoms with Gasteiger partial charge in [0.15, 0.2) is 5.65 Å². The predicted octanol–water partition coefficient (Wildman–Crippen LogP) is 2.77. The Morgan fingerprint density at radius 2 is 2.14 bits per heavy atom. The molecule has 8 heteroatoms. The zero-order chi connectivity index (χ0) is 20.0. The Morgan fingerprint density at radius 3 is 2.93 bits per heavy atom. The molecule has 2 N–H and O–H groups in total. The van der Waals surface area contributed by atoms with E-state index in [0.717, 1.165) is 46.1 Å². The summed E-state index contributed by atoms with van der Waals surface area (Å²) in [6, 6.07) is 4.02. The van der Waals surface area contributed by atoms with E-state index in [4.69, 9.17) is 9.47 Å². The van der Waals surface area contributed by atoms with Crippen molar-refractivity contribution in [1.82, 2.24) is 24.5 Å². The summed E-state index contributed by atoms with van der Waals surface area (Å²) >= 11 is 0. The molecule has 1 aliphatic rings. The van der Waals surface area contributed by atoms with Crippen molar-refractivity contribution in [3.63, 3.8) is 0 Å². The van der Waals surface area contributed by atoms with Gasteiger partial charge in [0.1, 0.15) is 5.65 Å². The van der Waals surface area contributed by atoms with E-state index in [0.29, 0.717) is 18.8 Å². The highest BCUT2D eigenvalue weighted by Gasteiger charge is 2.23. The van der Waals surface area contributed by atoms with Crippen molar-refractivity contribution in [2.24, 2.45) is 0 Å². The van der Waals surface area contributed by atoms with Crippen LogP contribution in [0.5, 0.6) is 0 Å². The molecule has 0 radical (unpaired) electrons. The molecule has 4 aromatic rings. The molecular formula is C21H23N5O3. The number of methoxy groups -OCH3 is 1. The molecule has 0 aliphatic carbocycles. The van der Waals surface area contributed by atoms with E-state index < -0.39 is 0 Å². The molecule has 29 heavy (non-hydrogen) atoms. The molecule has 0 spiro atoms. The van der Waals surface area contributed by atoms with E-state index in [9.17, 15) is 4.79 Å². The van der Waals surface area contributed by atoms with Gasteiger partial charge in [-0.3, -0.25) is 9.55 Å². The van der Waals surface area contributed by atoms with Crippen LogP contribution < -0.4 is 5.69 Å². The second-order valence-corrected chi connectivity index (χ2v) is 7.56. The van der Waals surface area contributed by atoms with Crippen LogP contribution >= 0.6 is 0 Å². The minimum Gasteiger partial charge on any atom is -0.379 e. The molecule has 0 unspecified atom stereocenters. The quantitative estimate of drug-likeness (QED) is 0.556. The highest BCUT2D eigenvalue weighted by atomic mass is 16.5. The first-order valence-corrected chi connectivity index (χ1v) is 9.80. The molecule has 0 bridgehead atoms. The van der Waals surface area contributed by atoms with Crippen LogP contribution in [0.15, 0.2) is 35.5 Å². The van der Waals surface area contributed by atoms with Crippen molar-refractivity contribution in [2.45, 2.75) is 38.5 Å². The van der Waals surface area contributed by atoms with Crippen molar-refractivity contribution in [2.75, 3.05) is 13.7 Å². The molecule has 0 aromatic carbocycles. The largest absolute Gasteiger partial charge is 0.379 e. The minimum atomic E-state index is -0.168. The third kappa shape index (κ3) is 3.14. The fraction of sp³-hybridized carbons (Fsp3) is 0.381. The van der Waals surface area contributed by atoms with Gasteiger partial charge in [0.05, 0.1) is 30.9 Å². The number of rotatable bonds is 4. The number of aromatic nitrogens is 5. The number of pyridine rings is 2. The number of aryl methyl sites for hydroxylation is 1. The van der Waals surface area contributed by atoms with E-state index in [1.54, 1.807) is 17.9 Å². The number of fused-ring (bicyclic) bond motifs is 2. The maximum atomic E-state index is 12.6. The van der Waals surface area contributed by atoms with E-state index in [2.05, 4.69) is 26.9 Å². The van der Waals surface area contributed by atoms with Gasteiger partial charge in [-0.15, -0.1) is 0 Å². The molecule has 8 nitrogen and oxygen atoms in total. The zero-order valence-corrected chi connectivity index (χ0v) is 16.4. The molecule has 1 saturated heterocycles. The third-order valence-electron chi connectivity index (χ3n) is 5.84. The van der Waals surface area contributed by atoms with Crippen molar-refractivity contribution in [3.05, 3.63) is 46.8 Å². The minimum absolute atomic E-state index is 0.0126. The smallest absolute Gasteiger partial charge is 0.327 e. The number of H-pyrrole nitrogens is 2. The van der Waals surface area contributed by atoms with Crippen LogP contribution in [-0.2, 0) is 16.0 Å². The van der Waals surface area contributed by atoms with Gasteiger partial charge in [-0.1, -0.05) is 0 Å². The van der Waals surface area contributed by atoms with Crippen LogP contribution in [0.25, 0.3) is 33.3 Å². The van der Waals surface area contributed by atoms with Gasteiger partial charge in [-0.2, -0.15) is 0 Å². The number of imidazole rings is 1. The average molecular weight is 393 g/mol. The van der Waals surface area contributed by atoms with Crippen LogP contribution in [0.4, 0.5) is 0 Å². The summed E-state index contributed by atoms with van der Waals surface area (Å²) in [5.74, 6) is 0. The van der Waals surface area contributed by atoms with Crippen molar-refractivity contribution < 1.29 is 9.47 Å². The number of ether oxygens (including phenoxy) is 2. The molecule has 5 rings (SSSR count). The Kier molecular flexibility index (Phi) is 4.44. The number of nitrogens with zero attached hydrogens (tertiary/aromatic N) is 3. The fourth-order valence-electron chi connectivity index (χ4n) is 4.11. The lowest BCUT2D eigenvalue weighted by atomic mass is 10.0. The van der Waals surface area contributed by atoms with Crippen LogP contribution in [0.1, 0.15) is 18.4 Å². The van der Waals surface area contributed by atoms with E-state index in [-0.39, 0.29) is 17.9 Å². The van der Waals surface area contributed by atoms with Gasteiger partial charge in [-0.05, 0) is 37.5 Å². The average Bonchev–Trinajstić information content (AvgIpc) is 3.34. The lowest BCUT2D eigenvalue weighted by Crippen LogP contribution is -2.35. The Bertz CT molecular complexity index is 1230. The van der Waals surface area contributed by atoms with Crippen LogP contribution in [-0.4, -0.2) is 50.4 Å². The van der Waals surface area contributed by atoms with Crippen LogP contribution in [0, 0.1) is 6.92 Å². The van der Waals surface area contributed by atoms with Gasteiger partial charge >= 0.3 is 5.69 Å². The summed E-state index contributed by atoms with van der Waals surface area (Å²) in [4.78, 5) is 27.5. The Labute approximate surface area is 166 Å². The lowest BCUT2D eigenvalue weighted by Gasteiger charge is -2.28. The standard InChI is InChI=1S/C21H23N5O3/c1-12-16-5-6-22-19(16)24-9-17(12)13-7-18-20(23-8-13)25-21(27)26(18)10-14-3-4-15(28-2)11-29-14/h5-9,14-15H,3-4,10-11H2,1-2H3,(H,22,24)(H,23,25,27)/t14-,15-/m1/s1. The molecular weight excluding hydrogens is 370 g/mol. The summed E-state index contributed by atoms with van der Waals surface area (Å²) < 4.78 is 13.0. The summed E-state index contributed by atoms with van der Waals surface area (Å²) in [6.45, 7) is 3.13. The summed E-state index contributed by atoms with van der Waals surface area (Å²) in [5, 5.41) is 1.08. The third-order valence-corrected chi connectivity index (χ3v) is 5.84. The number of aromatic amines is 2. The molecule has 150 valence electrons. The zero-order valence-electron chi connectivity index (χ0n) is 16.4. The number of hydrogen-bond donors (Lipinski definition) is 2. The van der Waals surface area contributed by atoms with E-state index in [1.807, 2.05) is 24.5 Å². The lowest BCUT2D eigenvalue weighted by molar-refractivity contribution is -0.0757. The monoisotopic (exact) mass is 393 g/mol. The first-order chi connectivity index (χ1) is 14.1. The topological polar surface area (TPSA) is 97.8 Å². The highest BCUT2D eigenvalue weighted by Crippen LogP contribution is 2.29. The number of hydrogen-bond acceptors (Lipinski definition) is 5. The predicted molar refractivity (Wildman–Crippen MR) is 110 cm³/mol. The van der Waals surface area contributed by atoms with Gasteiger partial charge < -0.3 is 14.5 Å². The van der Waals surface area contributed by atoms with Gasteiger partial charge in [0, 0.05) is 42.2 Å². The summed E-state index contributed by atoms with van der Waals surface area (Å²) in [7, 11) is 1.70. The Morgan fingerprint density at radius 1 is 1.28 bits per heavy atom. The summed E-state index contributed by atoms with van der Waals surface area (Å²) in [6.07, 6.45) is 7.44.